The number of amides is 1. The van der Waals surface area contributed by atoms with Crippen LogP contribution >= 0.6 is 0 Å². The van der Waals surface area contributed by atoms with E-state index in [0.717, 1.165) is 22.4 Å². The number of carbonyl (C=O) groups is 1. The summed E-state index contributed by atoms with van der Waals surface area (Å²) in [6.07, 6.45) is 0. The average Bonchev–Trinajstić information content (AvgIpc) is 2.53. The fourth-order valence-corrected chi connectivity index (χ4v) is 2.43. The predicted octanol–water partition coefficient (Wildman–Crippen LogP) is 3.72. The topological polar surface area (TPSA) is 23.6 Å². The second kappa shape index (κ2) is 7.12. The molecule has 0 unspecified atom stereocenters. The monoisotopic (exact) mass is 296 g/mol. The normalized spacial score (nSPS) is 10.4. The molecule has 0 aromatic heterocycles. The summed E-state index contributed by atoms with van der Waals surface area (Å²) in [5, 5.41) is 0. The van der Waals surface area contributed by atoms with Gasteiger partial charge in [-0.1, -0.05) is 30.3 Å². The van der Waals surface area contributed by atoms with Crippen LogP contribution in [0, 0.1) is 6.92 Å². The molecule has 3 heteroatoms. The Morgan fingerprint density at radius 2 is 1.64 bits per heavy atom. The minimum atomic E-state index is 0.0947. The molecule has 22 heavy (non-hydrogen) atoms. The first kappa shape index (κ1) is 16.1. The van der Waals surface area contributed by atoms with Gasteiger partial charge in [0, 0.05) is 38.4 Å². The van der Waals surface area contributed by atoms with Crippen molar-refractivity contribution in [1.82, 2.24) is 4.90 Å². The summed E-state index contributed by atoms with van der Waals surface area (Å²) >= 11 is 0. The van der Waals surface area contributed by atoms with Crippen LogP contribution in [-0.2, 0) is 6.54 Å². The van der Waals surface area contributed by atoms with Crippen molar-refractivity contribution in [3.63, 3.8) is 0 Å². The molecule has 2 rings (SSSR count). The van der Waals surface area contributed by atoms with Crippen molar-refractivity contribution >= 4 is 11.6 Å². The molecule has 0 heterocycles. The summed E-state index contributed by atoms with van der Waals surface area (Å²) in [6.45, 7) is 5.33. The Morgan fingerprint density at radius 3 is 2.18 bits per heavy atom. The van der Waals surface area contributed by atoms with Crippen LogP contribution in [0.4, 0.5) is 5.69 Å². The molecule has 0 saturated heterocycles. The lowest BCUT2D eigenvalue weighted by Gasteiger charge is -2.22. The van der Waals surface area contributed by atoms with Crippen LogP contribution in [0.1, 0.15) is 28.4 Å². The minimum Gasteiger partial charge on any atom is -0.378 e. The number of aryl methyl sites for hydroxylation is 1. The zero-order valence-electron chi connectivity index (χ0n) is 13.8. The van der Waals surface area contributed by atoms with Crippen molar-refractivity contribution in [2.45, 2.75) is 20.4 Å². The van der Waals surface area contributed by atoms with Gasteiger partial charge in [-0.2, -0.15) is 0 Å². The standard InChI is InChI=1S/C19H24N2O/c1-5-21(19(22)18-9-7-6-8-15(18)2)14-16-10-12-17(13-11-16)20(3)4/h6-13H,5,14H2,1-4H3. The van der Waals surface area contributed by atoms with E-state index in [9.17, 15) is 4.79 Å². The molecular weight excluding hydrogens is 272 g/mol. The number of hydrogen-bond acceptors (Lipinski definition) is 2. The molecule has 0 N–H and O–H groups in total. The molecule has 2 aromatic rings. The van der Waals surface area contributed by atoms with Gasteiger partial charge in [-0.25, -0.2) is 0 Å². The molecule has 0 aliphatic carbocycles. The van der Waals surface area contributed by atoms with E-state index in [2.05, 4.69) is 29.2 Å². The fourth-order valence-electron chi connectivity index (χ4n) is 2.43. The van der Waals surface area contributed by atoms with Crippen molar-refractivity contribution in [3.8, 4) is 0 Å². The summed E-state index contributed by atoms with van der Waals surface area (Å²) in [4.78, 5) is 16.6. The molecule has 1 amide bonds. The van der Waals surface area contributed by atoms with Crippen LogP contribution in [0.15, 0.2) is 48.5 Å². The van der Waals surface area contributed by atoms with Crippen molar-refractivity contribution in [2.75, 3.05) is 25.5 Å². The highest BCUT2D eigenvalue weighted by Gasteiger charge is 2.16. The minimum absolute atomic E-state index is 0.0947. The molecule has 0 fully saturated rings. The van der Waals surface area contributed by atoms with Crippen molar-refractivity contribution < 1.29 is 4.79 Å². The van der Waals surface area contributed by atoms with E-state index in [1.807, 2.05) is 57.1 Å². The first-order valence-corrected chi connectivity index (χ1v) is 7.64. The maximum Gasteiger partial charge on any atom is 0.254 e. The van der Waals surface area contributed by atoms with Crippen LogP contribution < -0.4 is 4.90 Å². The van der Waals surface area contributed by atoms with Crippen LogP contribution in [0.3, 0.4) is 0 Å². The Kier molecular flexibility index (Phi) is 5.21. The first-order valence-electron chi connectivity index (χ1n) is 7.64. The zero-order chi connectivity index (χ0) is 16.1. The SMILES string of the molecule is CCN(Cc1ccc(N(C)C)cc1)C(=O)c1ccccc1C. The Morgan fingerprint density at radius 1 is 1.00 bits per heavy atom. The van der Waals surface area contributed by atoms with Gasteiger partial charge in [0.2, 0.25) is 0 Å². The average molecular weight is 296 g/mol. The second-order valence-corrected chi connectivity index (χ2v) is 5.70. The van der Waals surface area contributed by atoms with Gasteiger partial charge in [-0.05, 0) is 43.2 Å². The number of rotatable bonds is 5. The number of anilines is 1. The molecule has 116 valence electrons. The first-order chi connectivity index (χ1) is 10.5. The predicted molar refractivity (Wildman–Crippen MR) is 92.4 cm³/mol. The molecule has 2 aromatic carbocycles. The Hall–Kier alpha value is -2.29. The van der Waals surface area contributed by atoms with Gasteiger partial charge in [0.1, 0.15) is 0 Å². The second-order valence-electron chi connectivity index (χ2n) is 5.70. The van der Waals surface area contributed by atoms with Gasteiger partial charge in [-0.3, -0.25) is 4.79 Å². The lowest BCUT2D eigenvalue weighted by Crippen LogP contribution is -2.30. The third-order valence-corrected chi connectivity index (χ3v) is 3.87. The highest BCUT2D eigenvalue weighted by molar-refractivity contribution is 5.95. The Labute approximate surface area is 133 Å². The van der Waals surface area contributed by atoms with Gasteiger partial charge >= 0.3 is 0 Å². The number of nitrogens with zero attached hydrogens (tertiary/aromatic N) is 2. The third-order valence-electron chi connectivity index (χ3n) is 3.87. The summed E-state index contributed by atoms with van der Waals surface area (Å²) < 4.78 is 0. The van der Waals surface area contributed by atoms with E-state index in [4.69, 9.17) is 0 Å². The summed E-state index contributed by atoms with van der Waals surface area (Å²) in [5.41, 5.74) is 4.12. The maximum absolute atomic E-state index is 12.7. The van der Waals surface area contributed by atoms with Crippen LogP contribution in [0.25, 0.3) is 0 Å². The van der Waals surface area contributed by atoms with E-state index >= 15 is 0 Å². The quantitative estimate of drug-likeness (QED) is 0.839. The van der Waals surface area contributed by atoms with Gasteiger partial charge in [0.05, 0.1) is 0 Å². The zero-order valence-corrected chi connectivity index (χ0v) is 13.8. The Balaban J connectivity index is 2.15. The van der Waals surface area contributed by atoms with Crippen LogP contribution in [0.2, 0.25) is 0 Å². The lowest BCUT2D eigenvalue weighted by atomic mass is 10.1. The largest absolute Gasteiger partial charge is 0.378 e. The van der Waals surface area contributed by atoms with E-state index in [1.165, 1.54) is 0 Å². The van der Waals surface area contributed by atoms with E-state index < -0.39 is 0 Å². The molecule has 0 aliphatic rings. The van der Waals surface area contributed by atoms with Gasteiger partial charge in [0.25, 0.3) is 5.91 Å². The van der Waals surface area contributed by atoms with Crippen LogP contribution in [-0.4, -0.2) is 31.4 Å². The molecular formula is C19H24N2O. The lowest BCUT2D eigenvalue weighted by molar-refractivity contribution is 0.0752. The number of benzene rings is 2. The number of carbonyl (C=O) groups excluding carboxylic acids is 1. The summed E-state index contributed by atoms with van der Waals surface area (Å²) in [6, 6.07) is 16.1. The molecule has 0 atom stereocenters. The maximum atomic E-state index is 12.7. The van der Waals surface area contributed by atoms with Gasteiger partial charge in [0.15, 0.2) is 0 Å². The highest BCUT2D eigenvalue weighted by atomic mass is 16.2. The molecule has 0 aliphatic heterocycles. The van der Waals surface area contributed by atoms with Gasteiger partial charge < -0.3 is 9.80 Å². The smallest absolute Gasteiger partial charge is 0.254 e. The molecule has 0 spiro atoms. The van der Waals surface area contributed by atoms with E-state index in [1.54, 1.807) is 0 Å². The molecule has 0 bridgehead atoms. The Bertz CT molecular complexity index is 632. The molecule has 0 saturated carbocycles. The fraction of sp³-hybridized carbons (Fsp3) is 0.316. The van der Waals surface area contributed by atoms with Crippen molar-refractivity contribution in [2.24, 2.45) is 0 Å². The van der Waals surface area contributed by atoms with E-state index in [-0.39, 0.29) is 5.91 Å². The van der Waals surface area contributed by atoms with Crippen molar-refractivity contribution in [3.05, 3.63) is 65.2 Å². The summed E-state index contributed by atoms with van der Waals surface area (Å²) in [7, 11) is 4.05. The number of hydrogen-bond donors (Lipinski definition) is 0. The van der Waals surface area contributed by atoms with Crippen LogP contribution in [0.5, 0.6) is 0 Å². The molecule has 0 radical (unpaired) electrons. The van der Waals surface area contributed by atoms with Gasteiger partial charge in [-0.15, -0.1) is 0 Å². The third kappa shape index (κ3) is 3.67. The summed E-state index contributed by atoms with van der Waals surface area (Å²) in [5.74, 6) is 0.0947. The molecule has 3 nitrogen and oxygen atoms in total. The van der Waals surface area contributed by atoms with Crippen molar-refractivity contribution in [1.29, 1.82) is 0 Å². The van der Waals surface area contributed by atoms with E-state index in [0.29, 0.717) is 13.1 Å². The highest BCUT2D eigenvalue weighted by Crippen LogP contribution is 2.16.